The molecule has 2 N–H and O–H groups in total. The van der Waals surface area contributed by atoms with E-state index in [1.54, 1.807) is 0 Å². The van der Waals surface area contributed by atoms with Crippen LogP contribution in [0.15, 0.2) is 53.1 Å². The van der Waals surface area contributed by atoms with Crippen molar-refractivity contribution in [3.8, 4) is 11.1 Å². The molecule has 0 amide bonds. The summed E-state index contributed by atoms with van der Waals surface area (Å²) in [6.07, 6.45) is 3.08. The first-order valence-electron chi connectivity index (χ1n) is 10.7. The van der Waals surface area contributed by atoms with Gasteiger partial charge in [0.25, 0.3) is 0 Å². The highest BCUT2D eigenvalue weighted by molar-refractivity contribution is 6.30. The van der Waals surface area contributed by atoms with Crippen LogP contribution in [0.4, 0.5) is 5.82 Å². The lowest BCUT2D eigenvalue weighted by Crippen LogP contribution is -2.20. The Morgan fingerprint density at radius 3 is 2.73 bits per heavy atom. The number of fused-ring (bicyclic) bond motifs is 1. The summed E-state index contributed by atoms with van der Waals surface area (Å²) in [5.74, 6) is 2.38. The van der Waals surface area contributed by atoms with Crippen LogP contribution in [0.25, 0.3) is 27.6 Å². The van der Waals surface area contributed by atoms with Crippen molar-refractivity contribution in [3.63, 3.8) is 0 Å². The Kier molecular flexibility index (Phi) is 6.98. The van der Waals surface area contributed by atoms with Crippen LogP contribution in [0.1, 0.15) is 29.3 Å². The average molecular weight is 482 g/mol. The normalized spacial score (nSPS) is 13.5. The topological polar surface area (TPSA) is 75.9 Å². The van der Waals surface area contributed by atoms with Crippen LogP contribution in [0.3, 0.4) is 0 Å². The highest BCUT2D eigenvalue weighted by Gasteiger charge is 2.16. The lowest BCUT2D eigenvalue weighted by Gasteiger charge is -2.16. The largest absolute Gasteiger partial charge is 0.365 e. The van der Waals surface area contributed by atoms with Gasteiger partial charge in [0.1, 0.15) is 11.6 Å². The van der Waals surface area contributed by atoms with Crippen LogP contribution in [0, 0.1) is 13.8 Å². The molecule has 0 saturated carbocycles. The van der Waals surface area contributed by atoms with Gasteiger partial charge < -0.3 is 15.2 Å². The molecule has 170 valence electrons. The van der Waals surface area contributed by atoms with E-state index in [4.69, 9.17) is 26.1 Å². The Labute approximate surface area is 203 Å². The van der Waals surface area contributed by atoms with E-state index in [0.717, 1.165) is 75.2 Å². The van der Waals surface area contributed by atoms with Crippen LogP contribution < -0.4 is 10.6 Å². The molecule has 6 nitrogen and oxygen atoms in total. The van der Waals surface area contributed by atoms with Gasteiger partial charge in [-0.1, -0.05) is 41.0 Å². The second-order valence-corrected chi connectivity index (χ2v) is 8.43. The number of hydrogen-bond donors (Lipinski definition) is 2. The van der Waals surface area contributed by atoms with E-state index in [1.807, 2.05) is 44.2 Å². The molecule has 0 saturated heterocycles. The Morgan fingerprint density at radius 1 is 1.12 bits per heavy atom. The maximum atomic E-state index is 6.17. The number of halogens is 2. The van der Waals surface area contributed by atoms with Crippen molar-refractivity contribution in [2.45, 2.75) is 26.8 Å². The van der Waals surface area contributed by atoms with Crippen LogP contribution in [0.5, 0.6) is 0 Å². The third-order valence-electron chi connectivity index (χ3n) is 5.72. The zero-order chi connectivity index (χ0) is 22.1. The van der Waals surface area contributed by atoms with Gasteiger partial charge in [0.15, 0.2) is 5.82 Å². The second kappa shape index (κ2) is 9.91. The van der Waals surface area contributed by atoms with Gasteiger partial charge in [0, 0.05) is 29.1 Å². The average Bonchev–Trinajstić information content (AvgIpc) is 3.15. The fourth-order valence-corrected chi connectivity index (χ4v) is 4.33. The van der Waals surface area contributed by atoms with E-state index in [-0.39, 0.29) is 12.4 Å². The first kappa shape index (κ1) is 23.2. The summed E-state index contributed by atoms with van der Waals surface area (Å²) in [4.78, 5) is 9.83. The Bertz CT molecular complexity index is 1310. The van der Waals surface area contributed by atoms with Crippen molar-refractivity contribution in [2.75, 3.05) is 18.4 Å². The molecule has 1 aliphatic rings. The standard InChI is InChI=1S/C25H24ClN5O.ClH/c1-15-23(16(2)32-31-15)19-6-7-22-21(13-19)25(28-14-17-4-3-5-20(26)12-17)30-24(29-22)18-8-10-27-11-9-18;/h3-8,12-13,27H,9-11,14H2,1-2H3,(H,28,29,30);1H. The summed E-state index contributed by atoms with van der Waals surface area (Å²) in [5, 5.41) is 12.7. The maximum absolute atomic E-state index is 6.17. The van der Waals surface area contributed by atoms with E-state index in [2.05, 4.69) is 34.0 Å². The monoisotopic (exact) mass is 481 g/mol. The number of nitrogens with one attached hydrogen (secondary N) is 2. The summed E-state index contributed by atoms with van der Waals surface area (Å²) in [6.45, 7) is 6.28. The summed E-state index contributed by atoms with van der Waals surface area (Å²) in [6, 6.07) is 14.1. The minimum atomic E-state index is 0. The molecule has 0 fully saturated rings. The molecule has 33 heavy (non-hydrogen) atoms. The molecule has 0 atom stereocenters. The Morgan fingerprint density at radius 2 is 2.00 bits per heavy atom. The van der Waals surface area contributed by atoms with Crippen LogP contribution in [-0.4, -0.2) is 28.2 Å². The number of anilines is 1. The molecular formula is C25H25Cl2N5O. The molecule has 0 radical (unpaired) electrons. The number of rotatable bonds is 5. The van der Waals surface area contributed by atoms with Crippen molar-refractivity contribution in [1.82, 2.24) is 20.4 Å². The van der Waals surface area contributed by atoms with Crippen molar-refractivity contribution in [1.29, 1.82) is 0 Å². The van der Waals surface area contributed by atoms with E-state index >= 15 is 0 Å². The van der Waals surface area contributed by atoms with Crippen molar-refractivity contribution in [2.24, 2.45) is 0 Å². The predicted molar refractivity (Wildman–Crippen MR) is 136 cm³/mol. The molecule has 1 aliphatic heterocycles. The molecule has 8 heteroatoms. The molecule has 2 aromatic heterocycles. The molecule has 0 spiro atoms. The predicted octanol–water partition coefficient (Wildman–Crippen LogP) is 5.97. The third kappa shape index (κ3) is 4.88. The minimum Gasteiger partial charge on any atom is -0.365 e. The number of benzene rings is 2. The molecule has 3 heterocycles. The summed E-state index contributed by atoms with van der Waals surface area (Å²) in [5.41, 5.74) is 6.08. The lowest BCUT2D eigenvalue weighted by molar-refractivity contribution is 0.393. The molecule has 0 aliphatic carbocycles. The van der Waals surface area contributed by atoms with Crippen LogP contribution in [-0.2, 0) is 6.54 Å². The van der Waals surface area contributed by atoms with Gasteiger partial charge in [0.2, 0.25) is 0 Å². The number of aromatic nitrogens is 3. The quantitative estimate of drug-likeness (QED) is 0.365. The fourth-order valence-electron chi connectivity index (χ4n) is 4.12. The van der Waals surface area contributed by atoms with Gasteiger partial charge in [-0.3, -0.25) is 0 Å². The highest BCUT2D eigenvalue weighted by atomic mass is 35.5. The summed E-state index contributed by atoms with van der Waals surface area (Å²) >= 11 is 6.17. The van der Waals surface area contributed by atoms with E-state index < -0.39 is 0 Å². The molecule has 0 bridgehead atoms. The summed E-state index contributed by atoms with van der Waals surface area (Å²) in [7, 11) is 0. The zero-order valence-electron chi connectivity index (χ0n) is 18.5. The minimum absolute atomic E-state index is 0. The van der Waals surface area contributed by atoms with E-state index in [9.17, 15) is 0 Å². The van der Waals surface area contributed by atoms with Crippen molar-refractivity contribution < 1.29 is 4.52 Å². The zero-order valence-corrected chi connectivity index (χ0v) is 20.1. The number of hydrogen-bond acceptors (Lipinski definition) is 6. The number of nitrogens with zero attached hydrogens (tertiary/aromatic N) is 3. The van der Waals surface area contributed by atoms with Gasteiger partial charge in [-0.15, -0.1) is 12.4 Å². The molecular weight excluding hydrogens is 457 g/mol. The third-order valence-corrected chi connectivity index (χ3v) is 5.95. The molecule has 4 aromatic rings. The molecule has 5 rings (SSSR count). The van der Waals surface area contributed by atoms with Crippen molar-refractivity contribution in [3.05, 3.63) is 76.4 Å². The van der Waals surface area contributed by atoms with Gasteiger partial charge in [-0.2, -0.15) is 0 Å². The molecule has 0 unspecified atom stereocenters. The maximum Gasteiger partial charge on any atom is 0.157 e. The lowest BCUT2D eigenvalue weighted by atomic mass is 10.0. The SMILES string of the molecule is Cc1noc(C)c1-c1ccc2nc(C3=CCNCC3)nc(NCc3cccc(Cl)c3)c2c1.Cl. The Hall–Kier alpha value is -2.93. The first-order chi connectivity index (χ1) is 15.6. The fraction of sp³-hybridized carbons (Fsp3) is 0.240. The Balaban J connectivity index is 0.00000259. The van der Waals surface area contributed by atoms with E-state index in [0.29, 0.717) is 6.54 Å². The van der Waals surface area contributed by atoms with Gasteiger partial charge in [-0.25, -0.2) is 9.97 Å². The smallest absolute Gasteiger partial charge is 0.157 e. The molecule has 2 aromatic carbocycles. The highest BCUT2D eigenvalue weighted by Crippen LogP contribution is 2.32. The first-order valence-corrected chi connectivity index (χ1v) is 11.1. The van der Waals surface area contributed by atoms with E-state index in [1.165, 1.54) is 5.57 Å². The van der Waals surface area contributed by atoms with Crippen molar-refractivity contribution >= 4 is 46.3 Å². The second-order valence-electron chi connectivity index (χ2n) is 7.99. The van der Waals surface area contributed by atoms with Gasteiger partial charge in [0.05, 0.1) is 11.2 Å². The van der Waals surface area contributed by atoms with Crippen LogP contribution >= 0.6 is 24.0 Å². The van der Waals surface area contributed by atoms with Crippen LogP contribution in [0.2, 0.25) is 5.02 Å². The summed E-state index contributed by atoms with van der Waals surface area (Å²) < 4.78 is 5.38. The van der Waals surface area contributed by atoms with Gasteiger partial charge in [-0.05, 0) is 67.8 Å². The van der Waals surface area contributed by atoms with Gasteiger partial charge >= 0.3 is 0 Å². The number of aryl methyl sites for hydroxylation is 2.